The molecule has 1 aliphatic heterocycles. The molecule has 0 aromatic heterocycles. The van der Waals surface area contributed by atoms with E-state index in [0.717, 1.165) is 24.4 Å². The molecular formula is C17H28N2O2. The molecule has 1 saturated heterocycles. The number of piperazine rings is 1. The summed E-state index contributed by atoms with van der Waals surface area (Å²) in [7, 11) is 2.17. The van der Waals surface area contributed by atoms with Crippen molar-refractivity contribution in [3.63, 3.8) is 0 Å². The summed E-state index contributed by atoms with van der Waals surface area (Å²) in [5.74, 6) is 0.794. The van der Waals surface area contributed by atoms with E-state index in [0.29, 0.717) is 25.2 Å². The monoisotopic (exact) mass is 292 g/mol. The Hall–Kier alpha value is -1.10. The molecule has 3 atom stereocenters. The molecule has 4 heteroatoms. The minimum atomic E-state index is -0.504. The molecule has 0 radical (unpaired) electrons. The highest BCUT2D eigenvalue weighted by molar-refractivity contribution is 5.35. The lowest BCUT2D eigenvalue weighted by atomic mass is 10.0. The molecule has 1 aromatic carbocycles. The molecule has 3 unspecified atom stereocenters. The second-order valence-electron chi connectivity index (χ2n) is 6.07. The van der Waals surface area contributed by atoms with E-state index in [9.17, 15) is 5.11 Å². The number of ether oxygens (including phenoxy) is 1. The molecular weight excluding hydrogens is 264 g/mol. The van der Waals surface area contributed by atoms with E-state index in [-0.39, 0.29) is 0 Å². The molecule has 1 aromatic rings. The minimum Gasteiger partial charge on any atom is -0.493 e. The number of para-hydroxylation sites is 1. The molecule has 0 spiro atoms. The Balaban J connectivity index is 2.03. The standard InChI is InChI=1S/C17H28N2O2/c1-5-21-17-9-7-6-8-15(17)16(20)12-19-10-13(2)18(4)14(3)11-19/h6-9,13-14,16,20H,5,10-12H2,1-4H3. The van der Waals surface area contributed by atoms with Crippen molar-refractivity contribution in [1.82, 2.24) is 9.80 Å². The topological polar surface area (TPSA) is 35.9 Å². The van der Waals surface area contributed by atoms with Crippen LogP contribution in [0.2, 0.25) is 0 Å². The Morgan fingerprint density at radius 2 is 1.86 bits per heavy atom. The van der Waals surface area contributed by atoms with E-state index in [4.69, 9.17) is 4.74 Å². The molecule has 1 fully saturated rings. The van der Waals surface area contributed by atoms with Crippen LogP contribution in [0.4, 0.5) is 0 Å². The number of likely N-dealkylation sites (N-methyl/N-ethyl adjacent to an activating group) is 1. The molecule has 21 heavy (non-hydrogen) atoms. The van der Waals surface area contributed by atoms with Crippen LogP contribution in [-0.2, 0) is 0 Å². The van der Waals surface area contributed by atoms with Crippen LogP contribution in [0, 0.1) is 0 Å². The molecule has 1 aliphatic rings. The van der Waals surface area contributed by atoms with Crippen molar-refractivity contribution in [2.75, 3.05) is 33.3 Å². The van der Waals surface area contributed by atoms with Crippen molar-refractivity contribution in [2.24, 2.45) is 0 Å². The van der Waals surface area contributed by atoms with E-state index in [2.05, 4.69) is 30.7 Å². The number of nitrogens with zero attached hydrogens (tertiary/aromatic N) is 2. The summed E-state index contributed by atoms with van der Waals surface area (Å²) in [4.78, 5) is 4.75. The van der Waals surface area contributed by atoms with E-state index >= 15 is 0 Å². The largest absolute Gasteiger partial charge is 0.493 e. The van der Waals surface area contributed by atoms with Gasteiger partial charge >= 0.3 is 0 Å². The maximum absolute atomic E-state index is 10.6. The number of aliphatic hydroxyl groups excluding tert-OH is 1. The molecule has 0 saturated carbocycles. The fraction of sp³-hybridized carbons (Fsp3) is 0.647. The zero-order valence-corrected chi connectivity index (χ0v) is 13.6. The van der Waals surface area contributed by atoms with Crippen LogP contribution >= 0.6 is 0 Å². The van der Waals surface area contributed by atoms with Gasteiger partial charge in [0.05, 0.1) is 12.7 Å². The Morgan fingerprint density at radius 3 is 2.48 bits per heavy atom. The zero-order chi connectivity index (χ0) is 15.4. The smallest absolute Gasteiger partial charge is 0.125 e. The van der Waals surface area contributed by atoms with Crippen molar-refractivity contribution in [3.05, 3.63) is 29.8 Å². The predicted molar refractivity (Wildman–Crippen MR) is 85.7 cm³/mol. The van der Waals surface area contributed by atoms with Crippen molar-refractivity contribution in [1.29, 1.82) is 0 Å². The lowest BCUT2D eigenvalue weighted by molar-refractivity contribution is 0.0275. The predicted octanol–water partition coefficient (Wildman–Crippen LogP) is 2.14. The first-order chi connectivity index (χ1) is 10.0. The molecule has 0 bridgehead atoms. The molecule has 2 rings (SSSR count). The molecule has 1 N–H and O–H groups in total. The molecule has 0 amide bonds. The summed E-state index contributed by atoms with van der Waals surface area (Å²) in [6.07, 6.45) is -0.504. The lowest BCUT2D eigenvalue weighted by Gasteiger charge is -2.43. The Kier molecular flexibility index (Phi) is 5.62. The van der Waals surface area contributed by atoms with Crippen LogP contribution in [0.3, 0.4) is 0 Å². The minimum absolute atomic E-state index is 0.504. The van der Waals surface area contributed by atoms with Crippen LogP contribution in [0.1, 0.15) is 32.4 Å². The highest BCUT2D eigenvalue weighted by Gasteiger charge is 2.28. The third-order valence-electron chi connectivity index (χ3n) is 4.44. The molecule has 4 nitrogen and oxygen atoms in total. The average molecular weight is 292 g/mol. The normalized spacial score (nSPS) is 25.8. The van der Waals surface area contributed by atoms with Gasteiger partial charge in [0, 0.05) is 37.3 Å². The van der Waals surface area contributed by atoms with Gasteiger partial charge in [-0.25, -0.2) is 0 Å². The first-order valence-electron chi connectivity index (χ1n) is 7.87. The van der Waals surface area contributed by atoms with Crippen molar-refractivity contribution < 1.29 is 9.84 Å². The van der Waals surface area contributed by atoms with Crippen LogP contribution in [-0.4, -0.2) is 60.3 Å². The summed E-state index contributed by atoms with van der Waals surface area (Å²) in [6, 6.07) is 8.82. The fourth-order valence-electron chi connectivity index (χ4n) is 3.05. The van der Waals surface area contributed by atoms with E-state index in [1.165, 1.54) is 0 Å². The van der Waals surface area contributed by atoms with Gasteiger partial charge in [0.2, 0.25) is 0 Å². The number of β-amino-alcohol motifs (C(OH)–C–C–N with tert-alkyl or cyclic N) is 1. The van der Waals surface area contributed by atoms with Gasteiger partial charge in [-0.05, 0) is 33.9 Å². The average Bonchev–Trinajstić information content (AvgIpc) is 2.45. The summed E-state index contributed by atoms with van der Waals surface area (Å²) < 4.78 is 5.62. The van der Waals surface area contributed by atoms with Gasteiger partial charge in [0.25, 0.3) is 0 Å². The van der Waals surface area contributed by atoms with Gasteiger partial charge in [-0.3, -0.25) is 9.80 Å². The van der Waals surface area contributed by atoms with Crippen LogP contribution < -0.4 is 4.74 Å². The second-order valence-corrected chi connectivity index (χ2v) is 6.07. The maximum atomic E-state index is 10.6. The molecule has 1 heterocycles. The maximum Gasteiger partial charge on any atom is 0.125 e. The van der Waals surface area contributed by atoms with Crippen molar-refractivity contribution >= 4 is 0 Å². The number of benzene rings is 1. The van der Waals surface area contributed by atoms with Crippen molar-refractivity contribution in [2.45, 2.75) is 39.0 Å². The quantitative estimate of drug-likeness (QED) is 0.902. The van der Waals surface area contributed by atoms with Crippen LogP contribution in [0.25, 0.3) is 0 Å². The first kappa shape index (κ1) is 16.3. The van der Waals surface area contributed by atoms with Gasteiger partial charge in [-0.15, -0.1) is 0 Å². The van der Waals surface area contributed by atoms with E-state index in [1.807, 2.05) is 31.2 Å². The van der Waals surface area contributed by atoms with Crippen LogP contribution in [0.15, 0.2) is 24.3 Å². The van der Waals surface area contributed by atoms with Gasteiger partial charge in [0.15, 0.2) is 0 Å². The SMILES string of the molecule is CCOc1ccccc1C(O)CN1CC(C)N(C)C(C)C1. The van der Waals surface area contributed by atoms with Crippen molar-refractivity contribution in [3.8, 4) is 5.75 Å². The van der Waals surface area contributed by atoms with Gasteiger partial charge in [0.1, 0.15) is 5.75 Å². The Morgan fingerprint density at radius 1 is 1.24 bits per heavy atom. The zero-order valence-electron chi connectivity index (χ0n) is 13.6. The summed E-state index contributed by atoms with van der Waals surface area (Å²) in [5, 5.41) is 10.6. The third-order valence-corrected chi connectivity index (χ3v) is 4.44. The fourth-order valence-corrected chi connectivity index (χ4v) is 3.05. The van der Waals surface area contributed by atoms with Gasteiger partial charge in [-0.2, -0.15) is 0 Å². The Labute approximate surface area is 128 Å². The first-order valence-corrected chi connectivity index (χ1v) is 7.87. The van der Waals surface area contributed by atoms with Crippen LogP contribution in [0.5, 0.6) is 5.75 Å². The summed E-state index contributed by atoms with van der Waals surface area (Å²) >= 11 is 0. The summed E-state index contributed by atoms with van der Waals surface area (Å²) in [5.41, 5.74) is 0.888. The molecule has 118 valence electrons. The highest BCUT2D eigenvalue weighted by atomic mass is 16.5. The lowest BCUT2D eigenvalue weighted by Crippen LogP contribution is -2.55. The van der Waals surface area contributed by atoms with Gasteiger partial charge < -0.3 is 9.84 Å². The summed E-state index contributed by atoms with van der Waals surface area (Å²) in [6.45, 7) is 9.71. The number of aliphatic hydroxyl groups is 1. The Bertz CT molecular complexity index is 440. The number of hydrogen-bond donors (Lipinski definition) is 1. The van der Waals surface area contributed by atoms with E-state index < -0.39 is 6.10 Å². The van der Waals surface area contributed by atoms with E-state index in [1.54, 1.807) is 0 Å². The third kappa shape index (κ3) is 3.96. The number of hydrogen-bond acceptors (Lipinski definition) is 4. The number of rotatable bonds is 5. The highest BCUT2D eigenvalue weighted by Crippen LogP contribution is 2.26. The van der Waals surface area contributed by atoms with Gasteiger partial charge in [-0.1, -0.05) is 18.2 Å². The second kappa shape index (κ2) is 7.25. The molecule has 0 aliphatic carbocycles.